The van der Waals surface area contributed by atoms with Crippen molar-refractivity contribution in [1.29, 1.82) is 0 Å². The molecular formula is C19H14Cl2O. The quantitative estimate of drug-likeness (QED) is 0.634. The molecule has 0 aromatic heterocycles. The molecule has 0 saturated heterocycles. The third-order valence-corrected chi connectivity index (χ3v) is 4.41. The molecule has 3 heteroatoms. The first-order valence-electron chi connectivity index (χ1n) is 7.10. The Morgan fingerprint density at radius 1 is 0.727 bits per heavy atom. The summed E-state index contributed by atoms with van der Waals surface area (Å²) in [6.45, 7) is 0. The number of rotatable bonds is 2. The van der Waals surface area contributed by atoms with Crippen molar-refractivity contribution >= 4 is 41.1 Å². The molecule has 22 heavy (non-hydrogen) atoms. The Balaban J connectivity index is 1.90. The lowest BCUT2D eigenvalue weighted by Crippen LogP contribution is -1.95. The zero-order valence-electron chi connectivity index (χ0n) is 11.9. The second-order valence-electron chi connectivity index (χ2n) is 5.21. The fraction of sp³-hybridized carbons (Fsp3) is 0.105. The predicted octanol–water partition coefficient (Wildman–Crippen LogP) is 5.82. The van der Waals surface area contributed by atoms with Crippen LogP contribution in [0.3, 0.4) is 0 Å². The predicted molar refractivity (Wildman–Crippen MR) is 93.1 cm³/mol. The first kappa shape index (κ1) is 15.1. The highest BCUT2D eigenvalue weighted by Gasteiger charge is 2.23. The van der Waals surface area contributed by atoms with Crippen LogP contribution >= 0.6 is 23.2 Å². The molecular weight excluding hydrogens is 315 g/mol. The normalized spacial score (nSPS) is 18.4. The Labute approximate surface area is 139 Å². The van der Waals surface area contributed by atoms with Gasteiger partial charge in [-0.05, 0) is 48.3 Å². The maximum absolute atomic E-state index is 12.5. The van der Waals surface area contributed by atoms with Crippen molar-refractivity contribution in [2.75, 3.05) is 0 Å². The summed E-state index contributed by atoms with van der Waals surface area (Å²) in [5, 5.41) is 1.32. The molecule has 0 amide bonds. The van der Waals surface area contributed by atoms with E-state index in [9.17, 15) is 4.79 Å². The number of carbonyl (C=O) groups excluding carboxylic acids is 1. The second kappa shape index (κ2) is 6.51. The molecule has 2 aromatic carbocycles. The van der Waals surface area contributed by atoms with E-state index >= 15 is 0 Å². The van der Waals surface area contributed by atoms with Gasteiger partial charge in [-0.25, -0.2) is 0 Å². The molecule has 1 aliphatic carbocycles. The van der Waals surface area contributed by atoms with Gasteiger partial charge in [0, 0.05) is 21.2 Å². The minimum atomic E-state index is 0.0832. The molecule has 0 bridgehead atoms. The van der Waals surface area contributed by atoms with Crippen LogP contribution in [0.15, 0.2) is 59.7 Å². The molecule has 110 valence electrons. The molecule has 1 saturated carbocycles. The van der Waals surface area contributed by atoms with E-state index in [1.165, 1.54) is 0 Å². The monoisotopic (exact) mass is 328 g/mol. The topological polar surface area (TPSA) is 17.1 Å². The van der Waals surface area contributed by atoms with Crippen LogP contribution < -0.4 is 0 Å². The Kier molecular flexibility index (Phi) is 4.47. The summed E-state index contributed by atoms with van der Waals surface area (Å²) in [4.78, 5) is 12.5. The van der Waals surface area contributed by atoms with E-state index in [1.807, 2.05) is 60.7 Å². The van der Waals surface area contributed by atoms with Crippen molar-refractivity contribution in [3.05, 3.63) is 80.8 Å². The number of halogens is 2. The summed E-state index contributed by atoms with van der Waals surface area (Å²) in [5.74, 6) is 0.0832. The van der Waals surface area contributed by atoms with Crippen LogP contribution in [0.2, 0.25) is 10.0 Å². The smallest absolute Gasteiger partial charge is 0.185 e. The summed E-state index contributed by atoms with van der Waals surface area (Å²) in [6, 6.07) is 15.1. The number of hydrogen-bond acceptors (Lipinski definition) is 1. The first-order chi connectivity index (χ1) is 10.6. The molecule has 0 radical (unpaired) electrons. The minimum absolute atomic E-state index is 0.0832. The van der Waals surface area contributed by atoms with Crippen LogP contribution in [0.4, 0.5) is 0 Å². The molecule has 0 heterocycles. The lowest BCUT2D eigenvalue weighted by atomic mass is 10.1. The highest BCUT2D eigenvalue weighted by Crippen LogP contribution is 2.31. The van der Waals surface area contributed by atoms with E-state index in [2.05, 4.69) is 0 Å². The van der Waals surface area contributed by atoms with Crippen LogP contribution in [0.25, 0.3) is 12.2 Å². The molecule has 1 nitrogen and oxygen atoms in total. The molecule has 0 atom stereocenters. The number of benzene rings is 2. The van der Waals surface area contributed by atoms with Crippen LogP contribution in [0, 0.1) is 0 Å². The van der Waals surface area contributed by atoms with Gasteiger partial charge in [0.1, 0.15) is 0 Å². The molecule has 0 N–H and O–H groups in total. The SMILES string of the molecule is O=C1C(=Cc2ccccc2Cl)CCC1=Cc1ccccc1Cl. The zero-order chi connectivity index (χ0) is 15.5. The van der Waals surface area contributed by atoms with E-state index in [1.54, 1.807) is 0 Å². The largest absolute Gasteiger partial charge is 0.289 e. The van der Waals surface area contributed by atoms with Gasteiger partial charge in [-0.15, -0.1) is 0 Å². The van der Waals surface area contributed by atoms with E-state index in [-0.39, 0.29) is 5.78 Å². The lowest BCUT2D eigenvalue weighted by molar-refractivity contribution is -0.111. The van der Waals surface area contributed by atoms with Gasteiger partial charge in [0.25, 0.3) is 0 Å². The highest BCUT2D eigenvalue weighted by molar-refractivity contribution is 6.33. The van der Waals surface area contributed by atoms with Crippen LogP contribution in [-0.2, 0) is 4.79 Å². The fourth-order valence-electron chi connectivity index (χ4n) is 2.54. The average Bonchev–Trinajstić information content (AvgIpc) is 2.85. The number of carbonyl (C=O) groups is 1. The average molecular weight is 329 g/mol. The Morgan fingerprint density at radius 3 is 1.55 bits per heavy atom. The van der Waals surface area contributed by atoms with Crippen molar-refractivity contribution in [1.82, 2.24) is 0 Å². The third kappa shape index (κ3) is 3.16. The van der Waals surface area contributed by atoms with Crippen molar-refractivity contribution in [3.63, 3.8) is 0 Å². The summed E-state index contributed by atoms with van der Waals surface area (Å²) in [6.07, 6.45) is 5.25. The highest BCUT2D eigenvalue weighted by atomic mass is 35.5. The molecule has 2 aromatic rings. The Morgan fingerprint density at radius 2 is 1.14 bits per heavy atom. The Hall–Kier alpha value is -1.83. The van der Waals surface area contributed by atoms with E-state index in [0.717, 1.165) is 35.1 Å². The molecule has 3 rings (SSSR count). The van der Waals surface area contributed by atoms with Crippen LogP contribution in [0.1, 0.15) is 24.0 Å². The van der Waals surface area contributed by atoms with Gasteiger partial charge in [0.15, 0.2) is 5.78 Å². The molecule has 0 unspecified atom stereocenters. The van der Waals surface area contributed by atoms with Gasteiger partial charge >= 0.3 is 0 Å². The van der Waals surface area contributed by atoms with E-state index in [4.69, 9.17) is 23.2 Å². The third-order valence-electron chi connectivity index (χ3n) is 3.72. The van der Waals surface area contributed by atoms with Crippen molar-refractivity contribution < 1.29 is 4.79 Å². The standard InChI is InChI=1S/C19H14Cl2O/c20-17-7-3-1-5-13(17)11-15-9-10-16(19(15)22)12-14-6-2-4-8-18(14)21/h1-8,11-12H,9-10H2. The molecule has 1 fully saturated rings. The summed E-state index contributed by atoms with van der Waals surface area (Å²) >= 11 is 12.3. The Bertz CT molecular complexity index is 722. The van der Waals surface area contributed by atoms with Gasteiger partial charge in [0.05, 0.1) is 0 Å². The fourth-order valence-corrected chi connectivity index (χ4v) is 2.92. The molecule has 0 spiro atoms. The summed E-state index contributed by atoms with van der Waals surface area (Å²) in [7, 11) is 0. The second-order valence-corrected chi connectivity index (χ2v) is 6.03. The number of ketones is 1. The maximum Gasteiger partial charge on any atom is 0.185 e. The van der Waals surface area contributed by atoms with Gasteiger partial charge in [-0.1, -0.05) is 59.6 Å². The number of hydrogen-bond donors (Lipinski definition) is 0. The summed E-state index contributed by atoms with van der Waals surface area (Å²) in [5.41, 5.74) is 3.36. The van der Waals surface area contributed by atoms with Crippen LogP contribution in [0.5, 0.6) is 0 Å². The first-order valence-corrected chi connectivity index (χ1v) is 7.85. The minimum Gasteiger partial charge on any atom is -0.289 e. The number of allylic oxidation sites excluding steroid dienone is 2. The van der Waals surface area contributed by atoms with Gasteiger partial charge in [0.2, 0.25) is 0 Å². The van der Waals surface area contributed by atoms with Crippen molar-refractivity contribution in [3.8, 4) is 0 Å². The van der Waals surface area contributed by atoms with E-state index < -0.39 is 0 Å². The van der Waals surface area contributed by atoms with Crippen molar-refractivity contribution in [2.45, 2.75) is 12.8 Å². The van der Waals surface area contributed by atoms with Gasteiger partial charge < -0.3 is 0 Å². The summed E-state index contributed by atoms with van der Waals surface area (Å²) < 4.78 is 0. The van der Waals surface area contributed by atoms with E-state index in [0.29, 0.717) is 10.0 Å². The van der Waals surface area contributed by atoms with Crippen molar-refractivity contribution in [2.24, 2.45) is 0 Å². The zero-order valence-corrected chi connectivity index (χ0v) is 13.4. The van der Waals surface area contributed by atoms with Crippen LogP contribution in [-0.4, -0.2) is 5.78 Å². The maximum atomic E-state index is 12.5. The number of Topliss-reactive ketones (excluding diaryl/α,β-unsaturated/α-hetero) is 1. The molecule has 0 aliphatic heterocycles. The van der Waals surface area contributed by atoms with Gasteiger partial charge in [-0.2, -0.15) is 0 Å². The lowest BCUT2D eigenvalue weighted by Gasteiger charge is -2.00. The van der Waals surface area contributed by atoms with Gasteiger partial charge in [-0.3, -0.25) is 4.79 Å². The molecule has 1 aliphatic rings.